The van der Waals surface area contributed by atoms with Gasteiger partial charge in [0.2, 0.25) is 10.3 Å². The Morgan fingerprint density at radius 2 is 2.12 bits per heavy atom. The molecule has 1 aromatic carbocycles. The molecule has 1 heterocycles. The van der Waals surface area contributed by atoms with Crippen molar-refractivity contribution in [3.63, 3.8) is 0 Å². The van der Waals surface area contributed by atoms with E-state index in [4.69, 9.17) is 11.6 Å². The number of hydrogen-bond donors (Lipinski definition) is 2. The van der Waals surface area contributed by atoms with Crippen molar-refractivity contribution in [3.05, 3.63) is 28.8 Å². The zero-order chi connectivity index (χ0) is 17.7. The van der Waals surface area contributed by atoms with Crippen molar-refractivity contribution in [2.75, 3.05) is 10.6 Å². The number of aromatic nitrogens is 2. The molecule has 1 aromatic heterocycles. The van der Waals surface area contributed by atoms with Gasteiger partial charge in [-0.25, -0.2) is 4.79 Å². The summed E-state index contributed by atoms with van der Waals surface area (Å²) >= 11 is 7.53. The van der Waals surface area contributed by atoms with Crippen molar-refractivity contribution in [2.45, 2.75) is 18.3 Å². The van der Waals surface area contributed by atoms with Crippen LogP contribution in [0.4, 0.5) is 28.8 Å². The first-order valence-electron chi connectivity index (χ1n) is 6.16. The van der Waals surface area contributed by atoms with E-state index in [0.717, 1.165) is 35.4 Å². The van der Waals surface area contributed by atoms with Crippen molar-refractivity contribution < 1.29 is 18.0 Å². The number of thioether (sulfide) groups is 1. The van der Waals surface area contributed by atoms with Crippen molar-refractivity contribution in [2.24, 2.45) is 0 Å². The van der Waals surface area contributed by atoms with Crippen LogP contribution in [0.1, 0.15) is 12.5 Å². The average molecular weight is 393 g/mol. The van der Waals surface area contributed by atoms with Gasteiger partial charge < -0.3 is 5.32 Å². The lowest BCUT2D eigenvalue weighted by atomic mass is 10.2. The molecule has 2 N–H and O–H groups in total. The maximum atomic E-state index is 12.8. The second-order valence-electron chi connectivity index (χ2n) is 4.11. The molecule has 0 bridgehead atoms. The van der Waals surface area contributed by atoms with Gasteiger partial charge >= 0.3 is 12.2 Å². The Kier molecular flexibility index (Phi) is 5.93. The summed E-state index contributed by atoms with van der Waals surface area (Å²) < 4.78 is 42.3. The lowest BCUT2D eigenvalue weighted by molar-refractivity contribution is -0.137. The van der Waals surface area contributed by atoms with Crippen molar-refractivity contribution in [1.82, 2.24) is 9.36 Å². The summed E-state index contributed by atoms with van der Waals surface area (Å²) in [7, 11) is 0. The van der Waals surface area contributed by atoms with E-state index in [1.807, 2.05) is 0 Å². The van der Waals surface area contributed by atoms with Crippen LogP contribution in [0.3, 0.4) is 0 Å². The van der Waals surface area contributed by atoms with Crippen LogP contribution in [0.2, 0.25) is 5.02 Å². The molecule has 2 aromatic rings. The minimum atomic E-state index is -4.61. The highest BCUT2D eigenvalue weighted by atomic mass is 35.5. The van der Waals surface area contributed by atoms with Gasteiger partial charge in [0.25, 0.3) is 0 Å². The van der Waals surface area contributed by atoms with Gasteiger partial charge in [-0.05, 0) is 30.4 Å². The first-order chi connectivity index (χ1) is 11.3. The zero-order valence-corrected chi connectivity index (χ0v) is 14.3. The van der Waals surface area contributed by atoms with E-state index in [1.165, 1.54) is 6.07 Å². The molecule has 11 heteroatoms. The third-order valence-electron chi connectivity index (χ3n) is 2.40. The van der Waals surface area contributed by atoms with Crippen LogP contribution in [0.15, 0.2) is 23.4 Å². The van der Waals surface area contributed by atoms with Crippen LogP contribution in [0.5, 0.6) is 0 Å². The molecule has 2 rings (SSSR count). The van der Waals surface area contributed by atoms with Crippen LogP contribution >= 0.6 is 34.9 Å². The topological polar surface area (TPSA) is 66.9 Å². The quantitative estimate of drug-likeness (QED) is 0.574. The SMILES string of the molecule is CC#CSc1nsc(NC(=O)Nc2ccc(Cl)c(C(F)(F)F)c2)n1. The van der Waals surface area contributed by atoms with Gasteiger partial charge in [-0.2, -0.15) is 22.5 Å². The number of amides is 2. The third kappa shape index (κ3) is 5.02. The standard InChI is InChI=1S/C13H8ClF3N4OS2/c1-2-5-23-12-20-11(24-21-12)19-10(22)18-7-3-4-9(14)8(6-7)13(15,16)17/h3-4,6H,1H3,(H2,18,19,20,21,22). The summed E-state index contributed by atoms with van der Waals surface area (Å²) in [5, 5.41) is 7.47. The van der Waals surface area contributed by atoms with E-state index in [2.05, 4.69) is 31.2 Å². The monoisotopic (exact) mass is 392 g/mol. The predicted octanol–water partition coefficient (Wildman–Crippen LogP) is 4.93. The van der Waals surface area contributed by atoms with Crippen molar-refractivity contribution >= 4 is 51.7 Å². The van der Waals surface area contributed by atoms with Gasteiger partial charge in [0.05, 0.1) is 10.6 Å². The van der Waals surface area contributed by atoms with E-state index in [1.54, 1.807) is 6.92 Å². The average Bonchev–Trinajstić information content (AvgIpc) is 2.93. The summed E-state index contributed by atoms with van der Waals surface area (Å²) in [5.41, 5.74) is -1.09. The number of hydrogen-bond acceptors (Lipinski definition) is 5. The minimum absolute atomic E-state index is 0.0554. The van der Waals surface area contributed by atoms with Crippen LogP contribution in [-0.2, 0) is 6.18 Å². The van der Waals surface area contributed by atoms with E-state index >= 15 is 0 Å². The first kappa shape index (κ1) is 18.4. The predicted molar refractivity (Wildman–Crippen MR) is 88.3 cm³/mol. The second-order valence-corrected chi connectivity index (χ2v) is 6.04. The number of halogens is 4. The Morgan fingerprint density at radius 1 is 1.38 bits per heavy atom. The van der Waals surface area contributed by atoms with Gasteiger partial charge in [-0.3, -0.25) is 5.32 Å². The fourth-order valence-corrected chi connectivity index (χ4v) is 2.82. The summed E-state index contributed by atoms with van der Waals surface area (Å²) in [6.07, 6.45) is -4.61. The molecule has 0 saturated carbocycles. The molecule has 0 fully saturated rings. The van der Waals surface area contributed by atoms with Crippen LogP contribution < -0.4 is 10.6 Å². The Labute approximate surface area is 148 Å². The van der Waals surface area contributed by atoms with E-state index in [9.17, 15) is 18.0 Å². The van der Waals surface area contributed by atoms with Gasteiger partial charge in [0.1, 0.15) is 0 Å². The largest absolute Gasteiger partial charge is 0.417 e. The van der Waals surface area contributed by atoms with Gasteiger partial charge in [-0.1, -0.05) is 17.5 Å². The van der Waals surface area contributed by atoms with E-state index < -0.39 is 22.8 Å². The molecular weight excluding hydrogens is 385 g/mol. The maximum Gasteiger partial charge on any atom is 0.417 e. The number of carbonyl (C=O) groups is 1. The fraction of sp³-hybridized carbons (Fsp3) is 0.154. The van der Waals surface area contributed by atoms with Crippen molar-refractivity contribution in [3.8, 4) is 11.2 Å². The summed E-state index contributed by atoms with van der Waals surface area (Å²) in [6, 6.07) is 2.32. The molecule has 0 aliphatic carbocycles. The molecular formula is C13H8ClF3N4OS2. The third-order valence-corrected chi connectivity index (χ3v) is 4.15. The van der Waals surface area contributed by atoms with E-state index in [0.29, 0.717) is 5.16 Å². The van der Waals surface area contributed by atoms with Crippen LogP contribution in [0, 0.1) is 11.2 Å². The Hall–Kier alpha value is -1.96. The fourth-order valence-electron chi connectivity index (χ4n) is 1.48. The highest BCUT2D eigenvalue weighted by Crippen LogP contribution is 2.36. The molecule has 0 aliphatic rings. The molecule has 0 spiro atoms. The zero-order valence-electron chi connectivity index (χ0n) is 11.9. The maximum absolute atomic E-state index is 12.8. The van der Waals surface area contributed by atoms with Crippen molar-refractivity contribution in [1.29, 1.82) is 0 Å². The molecule has 0 atom stereocenters. The number of alkyl halides is 3. The first-order valence-corrected chi connectivity index (χ1v) is 8.13. The highest BCUT2D eigenvalue weighted by Gasteiger charge is 2.33. The lowest BCUT2D eigenvalue weighted by Gasteiger charge is -2.11. The Balaban J connectivity index is 2.04. The number of nitrogens with zero attached hydrogens (tertiary/aromatic N) is 2. The highest BCUT2D eigenvalue weighted by molar-refractivity contribution is 8.03. The van der Waals surface area contributed by atoms with Gasteiger partial charge in [0, 0.05) is 29.0 Å². The number of benzene rings is 1. The second kappa shape index (κ2) is 7.74. The molecule has 0 aliphatic heterocycles. The van der Waals surface area contributed by atoms with Crippen LogP contribution in [-0.4, -0.2) is 15.4 Å². The number of nitrogens with one attached hydrogen (secondary N) is 2. The molecule has 0 saturated heterocycles. The number of rotatable bonds is 3. The minimum Gasteiger partial charge on any atom is -0.308 e. The normalized spacial score (nSPS) is 10.7. The molecule has 2 amide bonds. The summed E-state index contributed by atoms with van der Waals surface area (Å²) in [5.74, 6) is 2.66. The van der Waals surface area contributed by atoms with Gasteiger partial charge in [0.15, 0.2) is 0 Å². The molecule has 0 unspecified atom stereocenters. The number of carbonyl (C=O) groups excluding carboxylic acids is 1. The smallest absolute Gasteiger partial charge is 0.308 e. The van der Waals surface area contributed by atoms with E-state index in [-0.39, 0.29) is 10.8 Å². The summed E-state index contributed by atoms with van der Waals surface area (Å²) in [4.78, 5) is 15.8. The molecule has 5 nitrogen and oxygen atoms in total. The molecule has 126 valence electrons. The number of urea groups is 1. The van der Waals surface area contributed by atoms with Crippen LogP contribution in [0.25, 0.3) is 0 Å². The molecule has 0 radical (unpaired) electrons. The Morgan fingerprint density at radius 3 is 2.79 bits per heavy atom. The van der Waals surface area contributed by atoms with Gasteiger partial charge in [-0.15, -0.1) is 0 Å². The summed E-state index contributed by atoms with van der Waals surface area (Å²) in [6.45, 7) is 1.66. The lowest BCUT2D eigenvalue weighted by Crippen LogP contribution is -2.19. The Bertz CT molecular complexity index is 814. The number of anilines is 2. The molecule has 24 heavy (non-hydrogen) atoms.